The first-order valence-electron chi connectivity index (χ1n) is 10.3. The van der Waals surface area contributed by atoms with E-state index in [0.29, 0.717) is 17.9 Å². The van der Waals surface area contributed by atoms with Gasteiger partial charge < -0.3 is 9.47 Å². The van der Waals surface area contributed by atoms with Crippen molar-refractivity contribution in [1.82, 2.24) is 14.7 Å². The van der Waals surface area contributed by atoms with Gasteiger partial charge >= 0.3 is 5.97 Å². The number of morpholine rings is 1. The molecule has 0 spiro atoms. The highest BCUT2D eigenvalue weighted by molar-refractivity contribution is 5.92. The Morgan fingerprint density at radius 1 is 1.10 bits per heavy atom. The number of ether oxygens (including phenoxy) is 2. The molecule has 0 amide bonds. The van der Waals surface area contributed by atoms with Crippen LogP contribution in [0.25, 0.3) is 5.69 Å². The van der Waals surface area contributed by atoms with E-state index in [9.17, 15) is 4.79 Å². The molecule has 156 valence electrons. The maximum absolute atomic E-state index is 12.8. The molecule has 4 rings (SSSR count). The first kappa shape index (κ1) is 20.3. The Kier molecular flexibility index (Phi) is 6.26. The Morgan fingerprint density at radius 2 is 1.80 bits per heavy atom. The van der Waals surface area contributed by atoms with Gasteiger partial charge in [0.25, 0.3) is 0 Å². The molecule has 1 aliphatic rings. The van der Waals surface area contributed by atoms with Gasteiger partial charge in [-0.1, -0.05) is 48.5 Å². The molecular formula is C24H27N3O3. The normalized spacial score (nSPS) is 17.1. The van der Waals surface area contributed by atoms with E-state index in [1.54, 1.807) is 4.68 Å². The minimum atomic E-state index is -0.351. The number of hydrogen-bond acceptors (Lipinski definition) is 5. The van der Waals surface area contributed by atoms with E-state index in [4.69, 9.17) is 9.47 Å². The molecule has 30 heavy (non-hydrogen) atoms. The summed E-state index contributed by atoms with van der Waals surface area (Å²) in [5, 5.41) is 4.53. The van der Waals surface area contributed by atoms with Crippen molar-refractivity contribution < 1.29 is 14.3 Å². The van der Waals surface area contributed by atoms with E-state index in [1.807, 2.05) is 50.2 Å². The molecule has 1 unspecified atom stereocenters. The van der Waals surface area contributed by atoms with Crippen molar-refractivity contribution in [2.75, 3.05) is 26.3 Å². The zero-order chi connectivity index (χ0) is 20.9. The number of aryl methyl sites for hydroxylation is 1. The number of aromatic nitrogens is 2. The lowest BCUT2D eigenvalue weighted by atomic mass is 10.2. The van der Waals surface area contributed by atoms with Crippen molar-refractivity contribution in [1.29, 1.82) is 0 Å². The van der Waals surface area contributed by atoms with Crippen LogP contribution in [0.15, 0.2) is 60.7 Å². The smallest absolute Gasteiger partial charge is 0.342 e. The Balaban J connectivity index is 1.37. The fourth-order valence-corrected chi connectivity index (χ4v) is 3.87. The average molecular weight is 405 g/mol. The third-order valence-electron chi connectivity index (χ3n) is 5.37. The van der Waals surface area contributed by atoms with Gasteiger partial charge in [-0.15, -0.1) is 0 Å². The number of rotatable bonds is 6. The lowest BCUT2D eigenvalue weighted by Crippen LogP contribution is -2.44. The number of esters is 1. The SMILES string of the molecule is Cc1nn(-c2ccccc2)c(C)c1C(=O)OCC1CN(Cc2ccccc2)CCO1. The first-order valence-corrected chi connectivity index (χ1v) is 10.3. The molecule has 3 aromatic rings. The largest absolute Gasteiger partial charge is 0.459 e. The van der Waals surface area contributed by atoms with Crippen LogP contribution in [0.3, 0.4) is 0 Å². The summed E-state index contributed by atoms with van der Waals surface area (Å²) in [5.74, 6) is -0.351. The molecule has 0 N–H and O–H groups in total. The molecule has 1 fully saturated rings. The predicted octanol–water partition coefficient (Wildman–Crippen LogP) is 3.55. The van der Waals surface area contributed by atoms with Crippen molar-refractivity contribution in [2.24, 2.45) is 0 Å². The molecule has 1 aliphatic heterocycles. The highest BCUT2D eigenvalue weighted by atomic mass is 16.6. The fraction of sp³-hybridized carbons (Fsp3) is 0.333. The number of carbonyl (C=O) groups excluding carboxylic acids is 1. The molecule has 1 aromatic heterocycles. The Bertz CT molecular complexity index is 986. The Morgan fingerprint density at radius 3 is 2.53 bits per heavy atom. The third-order valence-corrected chi connectivity index (χ3v) is 5.37. The zero-order valence-corrected chi connectivity index (χ0v) is 17.5. The standard InChI is InChI=1S/C24H27N3O3/c1-18-23(19(2)27(25-18)21-11-7-4-8-12-21)24(28)30-17-22-16-26(13-14-29-22)15-20-9-5-3-6-10-20/h3-12,22H,13-17H2,1-2H3. The first-order chi connectivity index (χ1) is 14.6. The second-order valence-electron chi connectivity index (χ2n) is 7.61. The summed E-state index contributed by atoms with van der Waals surface area (Å²) >= 11 is 0. The lowest BCUT2D eigenvalue weighted by Gasteiger charge is -2.32. The predicted molar refractivity (Wildman–Crippen MR) is 115 cm³/mol. The second kappa shape index (κ2) is 9.24. The van der Waals surface area contributed by atoms with Gasteiger partial charge in [0.1, 0.15) is 18.3 Å². The molecule has 2 heterocycles. The van der Waals surface area contributed by atoms with E-state index in [0.717, 1.165) is 31.0 Å². The van der Waals surface area contributed by atoms with Crippen molar-refractivity contribution in [3.63, 3.8) is 0 Å². The number of hydrogen-bond donors (Lipinski definition) is 0. The molecule has 0 aliphatic carbocycles. The van der Waals surface area contributed by atoms with Crippen LogP contribution in [-0.2, 0) is 16.0 Å². The molecule has 0 radical (unpaired) electrons. The Hall–Kier alpha value is -2.96. The summed E-state index contributed by atoms with van der Waals surface area (Å²) < 4.78 is 13.2. The molecular weight excluding hydrogens is 378 g/mol. The van der Waals surface area contributed by atoms with Crippen LogP contribution >= 0.6 is 0 Å². The number of para-hydroxylation sites is 1. The van der Waals surface area contributed by atoms with E-state index in [-0.39, 0.29) is 18.7 Å². The van der Waals surface area contributed by atoms with E-state index in [1.165, 1.54) is 5.56 Å². The summed E-state index contributed by atoms with van der Waals surface area (Å²) in [5.41, 5.74) is 4.16. The minimum Gasteiger partial charge on any atom is -0.459 e. The Labute approximate surface area is 177 Å². The van der Waals surface area contributed by atoms with Crippen molar-refractivity contribution in [3.8, 4) is 5.69 Å². The summed E-state index contributed by atoms with van der Waals surface area (Å²) in [6.45, 7) is 7.09. The quantitative estimate of drug-likeness (QED) is 0.587. The highest BCUT2D eigenvalue weighted by Gasteiger charge is 2.25. The third kappa shape index (κ3) is 4.61. The van der Waals surface area contributed by atoms with E-state index in [2.05, 4.69) is 34.3 Å². The van der Waals surface area contributed by atoms with Gasteiger partial charge in [-0.3, -0.25) is 4.90 Å². The maximum atomic E-state index is 12.8. The van der Waals surface area contributed by atoms with Crippen LogP contribution in [0.1, 0.15) is 27.3 Å². The monoisotopic (exact) mass is 405 g/mol. The van der Waals surface area contributed by atoms with Crippen LogP contribution < -0.4 is 0 Å². The van der Waals surface area contributed by atoms with Gasteiger partial charge in [0, 0.05) is 19.6 Å². The topological polar surface area (TPSA) is 56.6 Å². The molecule has 1 saturated heterocycles. The molecule has 1 atom stereocenters. The molecule has 0 saturated carbocycles. The van der Waals surface area contributed by atoms with E-state index >= 15 is 0 Å². The summed E-state index contributed by atoms with van der Waals surface area (Å²) in [6, 6.07) is 20.2. The summed E-state index contributed by atoms with van der Waals surface area (Å²) in [4.78, 5) is 15.1. The van der Waals surface area contributed by atoms with Gasteiger partial charge in [-0.2, -0.15) is 5.10 Å². The van der Waals surface area contributed by atoms with Gasteiger partial charge in [0.05, 0.1) is 23.7 Å². The van der Waals surface area contributed by atoms with Crippen molar-refractivity contribution in [3.05, 3.63) is 83.2 Å². The van der Waals surface area contributed by atoms with Gasteiger partial charge in [0.2, 0.25) is 0 Å². The summed E-state index contributed by atoms with van der Waals surface area (Å²) in [7, 11) is 0. The molecule has 6 nitrogen and oxygen atoms in total. The minimum absolute atomic E-state index is 0.129. The van der Waals surface area contributed by atoms with Crippen molar-refractivity contribution >= 4 is 5.97 Å². The van der Waals surface area contributed by atoms with Crippen LogP contribution in [0.2, 0.25) is 0 Å². The summed E-state index contributed by atoms with van der Waals surface area (Å²) in [6.07, 6.45) is -0.129. The maximum Gasteiger partial charge on any atom is 0.342 e. The number of nitrogens with zero attached hydrogens (tertiary/aromatic N) is 3. The molecule has 6 heteroatoms. The van der Waals surface area contributed by atoms with Crippen LogP contribution in [-0.4, -0.2) is 53.1 Å². The lowest BCUT2D eigenvalue weighted by molar-refractivity contribution is -0.0612. The van der Waals surface area contributed by atoms with Crippen LogP contribution in [0.5, 0.6) is 0 Å². The molecule has 2 aromatic carbocycles. The molecule has 0 bridgehead atoms. The average Bonchev–Trinajstić information content (AvgIpc) is 3.08. The number of benzene rings is 2. The van der Waals surface area contributed by atoms with Crippen LogP contribution in [0, 0.1) is 13.8 Å². The van der Waals surface area contributed by atoms with Gasteiger partial charge in [-0.05, 0) is 31.5 Å². The number of carbonyl (C=O) groups is 1. The van der Waals surface area contributed by atoms with Crippen LogP contribution in [0.4, 0.5) is 0 Å². The second-order valence-corrected chi connectivity index (χ2v) is 7.61. The van der Waals surface area contributed by atoms with Crippen molar-refractivity contribution in [2.45, 2.75) is 26.5 Å². The fourth-order valence-electron chi connectivity index (χ4n) is 3.87. The van der Waals surface area contributed by atoms with Gasteiger partial charge in [-0.25, -0.2) is 9.48 Å². The van der Waals surface area contributed by atoms with E-state index < -0.39 is 0 Å². The zero-order valence-electron chi connectivity index (χ0n) is 17.5. The highest BCUT2D eigenvalue weighted by Crippen LogP contribution is 2.19. The van der Waals surface area contributed by atoms with Gasteiger partial charge in [0.15, 0.2) is 0 Å².